The molecule has 2 heterocycles. The average Bonchev–Trinajstić information content (AvgIpc) is 2.58. The van der Waals surface area contributed by atoms with Crippen molar-refractivity contribution >= 4 is 33.3 Å². The van der Waals surface area contributed by atoms with Crippen molar-refractivity contribution in [1.29, 1.82) is 0 Å². The van der Waals surface area contributed by atoms with Gasteiger partial charge < -0.3 is 15.0 Å². The number of ether oxygens (including phenoxy) is 1. The largest absolute Gasteiger partial charge is 0.378 e. The van der Waals surface area contributed by atoms with Crippen LogP contribution in [0.15, 0.2) is 41.0 Å². The van der Waals surface area contributed by atoms with Crippen molar-refractivity contribution in [3.63, 3.8) is 0 Å². The van der Waals surface area contributed by atoms with Gasteiger partial charge in [0.15, 0.2) is 0 Å². The molecule has 0 radical (unpaired) electrons. The maximum Gasteiger partial charge on any atom is 0.255 e. The van der Waals surface area contributed by atoms with Crippen molar-refractivity contribution in [3.8, 4) is 0 Å². The number of pyridine rings is 1. The van der Waals surface area contributed by atoms with Gasteiger partial charge in [-0.15, -0.1) is 0 Å². The summed E-state index contributed by atoms with van der Waals surface area (Å²) in [6.07, 6.45) is 1.61. The van der Waals surface area contributed by atoms with Gasteiger partial charge >= 0.3 is 0 Å². The molecule has 1 fully saturated rings. The number of nitrogens with one attached hydrogen (secondary N) is 1. The van der Waals surface area contributed by atoms with E-state index >= 15 is 0 Å². The molecule has 0 unspecified atom stereocenters. The maximum absolute atomic E-state index is 12.4. The van der Waals surface area contributed by atoms with Gasteiger partial charge in [0.1, 0.15) is 5.82 Å². The molecule has 1 aliphatic heterocycles. The summed E-state index contributed by atoms with van der Waals surface area (Å²) in [7, 11) is 0. The first kappa shape index (κ1) is 16.0. The molecule has 1 aromatic carbocycles. The van der Waals surface area contributed by atoms with Crippen LogP contribution in [0.2, 0.25) is 0 Å². The number of aromatic nitrogens is 1. The van der Waals surface area contributed by atoms with E-state index in [1.807, 2.05) is 31.2 Å². The molecular formula is C17H18BrN3O2. The molecule has 0 atom stereocenters. The molecule has 0 spiro atoms. The zero-order chi connectivity index (χ0) is 16.2. The molecule has 120 valence electrons. The van der Waals surface area contributed by atoms with Gasteiger partial charge in [0, 0.05) is 23.8 Å². The minimum absolute atomic E-state index is 0.00358. The SMILES string of the molecule is Cc1ccc(Nc2ccc(C(=O)N3CCOCC3)cn2)c(Br)c1. The number of carbonyl (C=O) groups excluding carboxylic acids is 1. The number of anilines is 2. The van der Waals surface area contributed by atoms with Crippen molar-refractivity contribution < 1.29 is 9.53 Å². The number of carbonyl (C=O) groups is 1. The van der Waals surface area contributed by atoms with Gasteiger partial charge in [0.05, 0.1) is 24.5 Å². The molecule has 0 saturated carbocycles. The van der Waals surface area contributed by atoms with E-state index < -0.39 is 0 Å². The molecule has 2 aromatic rings. The highest BCUT2D eigenvalue weighted by Crippen LogP contribution is 2.26. The van der Waals surface area contributed by atoms with Crippen LogP contribution in [0, 0.1) is 6.92 Å². The third kappa shape index (κ3) is 3.89. The van der Waals surface area contributed by atoms with Gasteiger partial charge in [-0.3, -0.25) is 4.79 Å². The monoisotopic (exact) mass is 375 g/mol. The Morgan fingerprint density at radius 3 is 2.70 bits per heavy atom. The maximum atomic E-state index is 12.4. The number of hydrogen-bond donors (Lipinski definition) is 1. The number of hydrogen-bond acceptors (Lipinski definition) is 4. The highest BCUT2D eigenvalue weighted by atomic mass is 79.9. The lowest BCUT2D eigenvalue weighted by atomic mass is 10.2. The molecule has 1 N–H and O–H groups in total. The van der Waals surface area contributed by atoms with Crippen LogP contribution >= 0.6 is 15.9 Å². The molecule has 3 rings (SSSR count). The second kappa shape index (κ2) is 7.10. The van der Waals surface area contributed by atoms with Crippen LogP contribution in [0.3, 0.4) is 0 Å². The number of nitrogens with zero attached hydrogens (tertiary/aromatic N) is 2. The molecule has 0 aliphatic carbocycles. The van der Waals surface area contributed by atoms with E-state index in [1.165, 1.54) is 5.56 Å². The van der Waals surface area contributed by atoms with E-state index in [9.17, 15) is 4.79 Å². The Balaban J connectivity index is 1.70. The second-order valence-corrected chi connectivity index (χ2v) is 6.30. The summed E-state index contributed by atoms with van der Waals surface area (Å²) in [6.45, 7) is 4.50. The van der Waals surface area contributed by atoms with Crippen LogP contribution < -0.4 is 5.32 Å². The van der Waals surface area contributed by atoms with Crippen LogP contribution in [-0.2, 0) is 4.74 Å². The molecule has 6 heteroatoms. The van der Waals surface area contributed by atoms with E-state index in [-0.39, 0.29) is 5.91 Å². The molecular weight excluding hydrogens is 358 g/mol. The second-order valence-electron chi connectivity index (χ2n) is 5.44. The standard InChI is InChI=1S/C17H18BrN3O2/c1-12-2-4-15(14(18)10-12)20-16-5-3-13(11-19-16)17(22)21-6-8-23-9-7-21/h2-5,10-11H,6-9H2,1H3,(H,19,20). The van der Waals surface area contributed by atoms with E-state index in [0.717, 1.165) is 10.2 Å². The van der Waals surface area contributed by atoms with E-state index in [4.69, 9.17) is 4.74 Å². The summed E-state index contributed by atoms with van der Waals surface area (Å²) in [5, 5.41) is 3.24. The summed E-state index contributed by atoms with van der Waals surface area (Å²) >= 11 is 3.53. The van der Waals surface area contributed by atoms with Gasteiger partial charge in [0.2, 0.25) is 0 Å². The highest BCUT2D eigenvalue weighted by Gasteiger charge is 2.18. The zero-order valence-electron chi connectivity index (χ0n) is 12.9. The minimum atomic E-state index is 0.00358. The Hall–Kier alpha value is -1.92. The highest BCUT2D eigenvalue weighted by molar-refractivity contribution is 9.10. The normalized spacial score (nSPS) is 14.6. The smallest absolute Gasteiger partial charge is 0.255 e. The van der Waals surface area contributed by atoms with Crippen LogP contribution in [-0.4, -0.2) is 42.1 Å². The van der Waals surface area contributed by atoms with Crippen molar-refractivity contribution in [1.82, 2.24) is 9.88 Å². The number of rotatable bonds is 3. The lowest BCUT2D eigenvalue weighted by Crippen LogP contribution is -2.40. The van der Waals surface area contributed by atoms with Crippen molar-refractivity contribution in [2.45, 2.75) is 6.92 Å². The predicted molar refractivity (Wildman–Crippen MR) is 93.1 cm³/mol. The lowest BCUT2D eigenvalue weighted by molar-refractivity contribution is 0.0302. The van der Waals surface area contributed by atoms with Gasteiger partial charge in [-0.05, 0) is 52.7 Å². The Morgan fingerprint density at radius 2 is 2.04 bits per heavy atom. The summed E-state index contributed by atoms with van der Waals surface area (Å²) < 4.78 is 6.25. The van der Waals surface area contributed by atoms with Gasteiger partial charge in [-0.1, -0.05) is 6.07 Å². The third-order valence-electron chi connectivity index (χ3n) is 3.70. The fourth-order valence-corrected chi connectivity index (χ4v) is 3.00. The number of amides is 1. The number of aryl methyl sites for hydroxylation is 1. The minimum Gasteiger partial charge on any atom is -0.378 e. The number of morpholine rings is 1. The molecule has 5 nitrogen and oxygen atoms in total. The van der Waals surface area contributed by atoms with Gasteiger partial charge in [0.25, 0.3) is 5.91 Å². The fourth-order valence-electron chi connectivity index (χ4n) is 2.40. The lowest BCUT2D eigenvalue weighted by Gasteiger charge is -2.26. The molecule has 1 saturated heterocycles. The predicted octanol–water partition coefficient (Wildman–Crippen LogP) is 3.37. The van der Waals surface area contributed by atoms with Crippen molar-refractivity contribution in [3.05, 3.63) is 52.1 Å². The number of halogens is 1. The summed E-state index contributed by atoms with van der Waals surface area (Å²) in [5.74, 6) is 0.706. The van der Waals surface area contributed by atoms with Crippen LogP contribution in [0.25, 0.3) is 0 Å². The Labute approximate surface area is 143 Å². The summed E-state index contributed by atoms with van der Waals surface area (Å²) in [6, 6.07) is 9.69. The zero-order valence-corrected chi connectivity index (χ0v) is 14.5. The van der Waals surface area contributed by atoms with Crippen LogP contribution in [0.1, 0.15) is 15.9 Å². The van der Waals surface area contributed by atoms with Crippen LogP contribution in [0.4, 0.5) is 11.5 Å². The first-order chi connectivity index (χ1) is 11.1. The molecule has 1 aromatic heterocycles. The van der Waals surface area contributed by atoms with Crippen LogP contribution in [0.5, 0.6) is 0 Å². The Kier molecular flexibility index (Phi) is 4.93. The van der Waals surface area contributed by atoms with E-state index in [1.54, 1.807) is 17.2 Å². The first-order valence-corrected chi connectivity index (χ1v) is 8.29. The van der Waals surface area contributed by atoms with E-state index in [2.05, 4.69) is 26.2 Å². The van der Waals surface area contributed by atoms with E-state index in [0.29, 0.717) is 37.7 Å². The van der Waals surface area contributed by atoms with Crippen molar-refractivity contribution in [2.75, 3.05) is 31.6 Å². The molecule has 23 heavy (non-hydrogen) atoms. The fraction of sp³-hybridized carbons (Fsp3) is 0.294. The Morgan fingerprint density at radius 1 is 1.26 bits per heavy atom. The molecule has 1 amide bonds. The quantitative estimate of drug-likeness (QED) is 0.893. The van der Waals surface area contributed by atoms with Gasteiger partial charge in [-0.25, -0.2) is 4.98 Å². The summed E-state index contributed by atoms with van der Waals surface area (Å²) in [5.41, 5.74) is 2.72. The first-order valence-electron chi connectivity index (χ1n) is 7.50. The Bertz CT molecular complexity index is 697. The summed E-state index contributed by atoms with van der Waals surface area (Å²) in [4.78, 5) is 18.5. The topological polar surface area (TPSA) is 54.5 Å². The molecule has 0 bridgehead atoms. The third-order valence-corrected chi connectivity index (χ3v) is 4.35. The number of benzene rings is 1. The average molecular weight is 376 g/mol. The van der Waals surface area contributed by atoms with Gasteiger partial charge in [-0.2, -0.15) is 0 Å². The molecule has 1 aliphatic rings. The van der Waals surface area contributed by atoms with Crippen molar-refractivity contribution in [2.24, 2.45) is 0 Å².